The van der Waals surface area contributed by atoms with Crippen LogP contribution in [0.5, 0.6) is 0 Å². The second-order valence-electron chi connectivity index (χ2n) is 13.2. The molecule has 6 aliphatic rings. The second-order valence-corrected chi connectivity index (χ2v) is 13.2. The van der Waals surface area contributed by atoms with E-state index in [-0.39, 0.29) is 95.8 Å². The molecule has 7 heterocycles. The third-order valence-corrected chi connectivity index (χ3v) is 8.65. The van der Waals surface area contributed by atoms with Gasteiger partial charge in [-0.05, 0) is 6.42 Å². The lowest BCUT2D eigenvalue weighted by atomic mass is 10.2. The van der Waals surface area contributed by atoms with Gasteiger partial charge in [-0.3, -0.25) is 0 Å². The van der Waals surface area contributed by atoms with Gasteiger partial charge in [0, 0.05) is 6.61 Å². The van der Waals surface area contributed by atoms with Crippen LogP contribution >= 0.6 is 0 Å². The van der Waals surface area contributed by atoms with Crippen molar-refractivity contribution in [3.05, 3.63) is 31.5 Å². The number of rotatable bonds is 28. The van der Waals surface area contributed by atoms with Crippen LogP contribution in [0.3, 0.4) is 0 Å². The van der Waals surface area contributed by atoms with E-state index in [0.29, 0.717) is 66.1 Å². The highest BCUT2D eigenvalue weighted by Crippen LogP contribution is 2.16. The summed E-state index contributed by atoms with van der Waals surface area (Å²) in [5.74, 6) is 0. The topological polar surface area (TPSA) is 197 Å². The molecule has 0 spiro atoms. The Kier molecular flexibility index (Phi) is 12.2. The van der Waals surface area contributed by atoms with E-state index in [1.807, 2.05) is 0 Å². The lowest BCUT2D eigenvalue weighted by molar-refractivity contribution is -0.0370. The summed E-state index contributed by atoms with van der Waals surface area (Å²) < 4.78 is 70.3. The minimum atomic E-state index is -0.789. The molecule has 0 aromatic carbocycles. The minimum Gasteiger partial charge on any atom is -0.379 e. The summed E-state index contributed by atoms with van der Waals surface area (Å²) in [6.45, 7) is 5.81. The van der Waals surface area contributed by atoms with Gasteiger partial charge in [0.1, 0.15) is 36.6 Å². The van der Waals surface area contributed by atoms with E-state index in [1.54, 1.807) is 0 Å². The van der Waals surface area contributed by atoms with E-state index in [0.717, 1.165) is 13.7 Å². The second kappa shape index (κ2) is 17.0. The summed E-state index contributed by atoms with van der Waals surface area (Å²) in [5.41, 5.74) is -2.34. The quantitative estimate of drug-likeness (QED) is 0.0648. The van der Waals surface area contributed by atoms with E-state index in [1.165, 1.54) is 0 Å². The molecule has 49 heavy (non-hydrogen) atoms. The molecule has 1 aromatic heterocycles. The molecule has 7 rings (SSSR count). The van der Waals surface area contributed by atoms with Crippen LogP contribution in [-0.2, 0) is 69.9 Å². The summed E-state index contributed by atoms with van der Waals surface area (Å²) in [7, 11) is 0. The maximum atomic E-state index is 14.2. The summed E-state index contributed by atoms with van der Waals surface area (Å²) in [5, 5.41) is 0. The molecule has 0 amide bonds. The fourth-order valence-electron chi connectivity index (χ4n) is 5.18. The van der Waals surface area contributed by atoms with Crippen molar-refractivity contribution in [3.8, 4) is 0 Å². The molecule has 9 unspecified atom stereocenters. The van der Waals surface area contributed by atoms with Crippen molar-refractivity contribution in [1.29, 1.82) is 0 Å². The Bertz CT molecular complexity index is 1300. The molecular weight excluding hydrogens is 654 g/mol. The zero-order chi connectivity index (χ0) is 33.6. The average Bonchev–Trinajstić information content (AvgIpc) is 3.88. The average molecular weight is 702 g/mol. The smallest absolute Gasteiger partial charge is 0.336 e. The summed E-state index contributed by atoms with van der Waals surface area (Å²) in [4.78, 5) is 42.6. The van der Waals surface area contributed by atoms with Crippen LogP contribution in [0.1, 0.15) is 12.5 Å². The Balaban J connectivity index is 1.16. The van der Waals surface area contributed by atoms with Gasteiger partial charge in [-0.2, -0.15) is 0 Å². The summed E-state index contributed by atoms with van der Waals surface area (Å²) in [6.07, 6.45) is -1.11. The predicted molar refractivity (Wildman–Crippen MR) is 164 cm³/mol. The molecule has 18 heteroatoms. The maximum Gasteiger partial charge on any atom is 0.336 e. The Morgan fingerprint density at radius 3 is 1.29 bits per heavy atom. The highest BCUT2D eigenvalue weighted by molar-refractivity contribution is 4.87. The largest absolute Gasteiger partial charge is 0.379 e. The van der Waals surface area contributed by atoms with Crippen molar-refractivity contribution < 1.29 is 56.8 Å². The first kappa shape index (κ1) is 35.3. The van der Waals surface area contributed by atoms with Crippen LogP contribution in [0.25, 0.3) is 0 Å². The maximum absolute atomic E-state index is 14.2. The van der Waals surface area contributed by atoms with Gasteiger partial charge in [0.05, 0.1) is 130 Å². The normalized spacial score (nSPS) is 29.4. The zero-order valence-corrected chi connectivity index (χ0v) is 27.6. The van der Waals surface area contributed by atoms with Crippen molar-refractivity contribution in [2.24, 2.45) is 0 Å². The van der Waals surface area contributed by atoms with Crippen LogP contribution in [0, 0.1) is 0 Å². The van der Waals surface area contributed by atoms with Crippen molar-refractivity contribution in [2.75, 3.05) is 106 Å². The third kappa shape index (κ3) is 11.7. The fourth-order valence-corrected chi connectivity index (χ4v) is 5.18. The van der Waals surface area contributed by atoms with Gasteiger partial charge in [-0.25, -0.2) is 28.1 Å². The molecular formula is C31H47N3O15. The third-order valence-electron chi connectivity index (χ3n) is 8.65. The molecule has 0 N–H and O–H groups in total. The van der Waals surface area contributed by atoms with E-state index in [2.05, 4.69) is 0 Å². The van der Waals surface area contributed by atoms with Crippen molar-refractivity contribution >= 4 is 0 Å². The first-order valence-electron chi connectivity index (χ1n) is 17.2. The first-order chi connectivity index (χ1) is 24.0. The van der Waals surface area contributed by atoms with E-state index in [4.69, 9.17) is 56.8 Å². The molecule has 0 saturated carbocycles. The first-order valence-corrected chi connectivity index (χ1v) is 17.2. The predicted octanol–water partition coefficient (Wildman–Crippen LogP) is -2.67. The number of epoxide rings is 6. The molecule has 0 radical (unpaired) electrons. The van der Waals surface area contributed by atoms with Gasteiger partial charge >= 0.3 is 17.1 Å². The number of hydrogen-bond donors (Lipinski definition) is 0. The van der Waals surface area contributed by atoms with Gasteiger partial charge in [0.15, 0.2) is 0 Å². The molecule has 9 atom stereocenters. The Hall–Kier alpha value is -2.07. The highest BCUT2D eigenvalue weighted by atomic mass is 16.6. The molecule has 0 bridgehead atoms. The molecule has 6 saturated heterocycles. The van der Waals surface area contributed by atoms with E-state index in [9.17, 15) is 14.4 Å². The molecule has 0 aliphatic carbocycles. The standard InChI is InChI=1S/C31H47N3O15/c35-29-32(3-21(42-16-27-18-48-27)6-40-10-25-14-46-25)30(36)34(20(5-39-9-24-13-45-24)1-2-38-8-23-12-44-23)31(37)33(29)4-22(43-17-28-19-49-28)7-41-11-26-15-47-26/h20-28H,1-19H2. The summed E-state index contributed by atoms with van der Waals surface area (Å²) >= 11 is 0. The van der Waals surface area contributed by atoms with Crippen molar-refractivity contribution in [1.82, 2.24) is 13.7 Å². The van der Waals surface area contributed by atoms with Gasteiger partial charge in [0.2, 0.25) is 0 Å². The van der Waals surface area contributed by atoms with Crippen LogP contribution < -0.4 is 17.1 Å². The molecule has 6 aliphatic heterocycles. The van der Waals surface area contributed by atoms with Crippen LogP contribution in [0.4, 0.5) is 0 Å². The van der Waals surface area contributed by atoms with Gasteiger partial charge in [0.25, 0.3) is 0 Å². The van der Waals surface area contributed by atoms with Crippen molar-refractivity contribution in [2.45, 2.75) is 74.4 Å². The van der Waals surface area contributed by atoms with Gasteiger partial charge in [-0.15, -0.1) is 0 Å². The van der Waals surface area contributed by atoms with Crippen LogP contribution in [0.2, 0.25) is 0 Å². The number of hydrogen-bond acceptors (Lipinski definition) is 15. The van der Waals surface area contributed by atoms with E-state index >= 15 is 0 Å². The van der Waals surface area contributed by atoms with Crippen molar-refractivity contribution in [3.63, 3.8) is 0 Å². The van der Waals surface area contributed by atoms with Crippen LogP contribution in [0.15, 0.2) is 14.4 Å². The Morgan fingerprint density at radius 1 is 0.510 bits per heavy atom. The number of aromatic nitrogens is 3. The SMILES string of the molecule is O=c1n(CC(COCC2CO2)OCC2CO2)c(=O)n(C(CCOCC2CO2)COCC2CO2)c(=O)n1CC(COCC1CO1)OCC1CO1. The highest BCUT2D eigenvalue weighted by Gasteiger charge is 2.32. The fraction of sp³-hybridized carbons (Fsp3) is 0.903. The molecule has 6 fully saturated rings. The van der Waals surface area contributed by atoms with Crippen LogP contribution in [-0.4, -0.2) is 168 Å². The van der Waals surface area contributed by atoms with Gasteiger partial charge in [-0.1, -0.05) is 0 Å². The Morgan fingerprint density at radius 2 is 0.878 bits per heavy atom. The van der Waals surface area contributed by atoms with Gasteiger partial charge < -0.3 is 56.8 Å². The monoisotopic (exact) mass is 701 g/mol. The number of ether oxygens (including phenoxy) is 12. The zero-order valence-electron chi connectivity index (χ0n) is 27.6. The molecule has 276 valence electrons. The number of nitrogens with zero attached hydrogens (tertiary/aromatic N) is 3. The summed E-state index contributed by atoms with van der Waals surface area (Å²) in [6, 6.07) is -0.748. The Labute approximate surface area is 282 Å². The lowest BCUT2D eigenvalue weighted by Crippen LogP contribution is -2.58. The van der Waals surface area contributed by atoms with E-state index < -0.39 is 35.3 Å². The molecule has 1 aromatic rings. The molecule has 18 nitrogen and oxygen atoms in total. The minimum absolute atomic E-state index is 0.0185. The lowest BCUT2D eigenvalue weighted by Gasteiger charge is -2.25.